The lowest BCUT2D eigenvalue weighted by Gasteiger charge is -2.20. The fourth-order valence-corrected chi connectivity index (χ4v) is 1.42. The molecule has 1 rings (SSSR count). The summed E-state index contributed by atoms with van der Waals surface area (Å²) in [6.45, 7) is 0.305. The number of urea groups is 1. The van der Waals surface area contributed by atoms with Crippen LogP contribution in [0, 0.1) is 0 Å². The van der Waals surface area contributed by atoms with Crippen LogP contribution in [0.25, 0.3) is 0 Å². The number of amides is 2. The third kappa shape index (κ3) is 6.46. The Hall–Kier alpha value is -1.70. The first kappa shape index (κ1) is 16.4. The molecule has 1 atom stereocenters. The number of nitrogens with one attached hydrogen (secondary N) is 1. The highest BCUT2D eigenvalue weighted by Crippen LogP contribution is 2.14. The van der Waals surface area contributed by atoms with Gasteiger partial charge in [-0.1, -0.05) is 0 Å². The van der Waals surface area contributed by atoms with E-state index in [9.17, 15) is 18.0 Å². The maximum atomic E-state index is 11.9. The number of alkyl halides is 3. The van der Waals surface area contributed by atoms with Gasteiger partial charge in [-0.3, -0.25) is 0 Å². The first-order valence-electron chi connectivity index (χ1n) is 5.96. The number of furan rings is 1. The van der Waals surface area contributed by atoms with E-state index in [2.05, 4.69) is 10.1 Å². The van der Waals surface area contributed by atoms with Crippen molar-refractivity contribution in [1.82, 2.24) is 10.2 Å². The second kappa shape index (κ2) is 7.18. The second-order valence-corrected chi connectivity index (χ2v) is 4.42. The van der Waals surface area contributed by atoms with E-state index in [-0.39, 0.29) is 13.2 Å². The van der Waals surface area contributed by atoms with Crippen LogP contribution in [0.2, 0.25) is 0 Å². The van der Waals surface area contributed by atoms with Crippen LogP contribution in [0.4, 0.5) is 18.0 Å². The Bertz CT molecular complexity index is 407. The number of nitrogens with zero attached hydrogens (tertiary/aromatic N) is 1. The van der Waals surface area contributed by atoms with Gasteiger partial charge >= 0.3 is 12.2 Å². The van der Waals surface area contributed by atoms with Crippen molar-refractivity contribution in [3.05, 3.63) is 24.2 Å². The summed E-state index contributed by atoms with van der Waals surface area (Å²) in [5.74, 6) is 0.614. The standard InChI is InChI=1S/C12H17F3N2O3/c1-9(7-19-8-12(13,14)15)16-11(18)17(2)6-10-4-3-5-20-10/h3-5,9H,6-8H2,1-2H3,(H,16,18). The van der Waals surface area contributed by atoms with Crippen molar-refractivity contribution in [3.8, 4) is 0 Å². The van der Waals surface area contributed by atoms with Gasteiger partial charge in [-0.25, -0.2) is 4.79 Å². The predicted octanol–water partition coefficient (Wildman–Crippen LogP) is 2.39. The monoisotopic (exact) mass is 294 g/mol. The molecule has 0 saturated heterocycles. The third-order valence-electron chi connectivity index (χ3n) is 2.32. The molecule has 20 heavy (non-hydrogen) atoms. The largest absolute Gasteiger partial charge is 0.467 e. The molecule has 5 nitrogen and oxygen atoms in total. The summed E-state index contributed by atoms with van der Waals surface area (Å²) in [5.41, 5.74) is 0. The van der Waals surface area contributed by atoms with Crippen molar-refractivity contribution >= 4 is 6.03 Å². The highest BCUT2D eigenvalue weighted by Gasteiger charge is 2.27. The molecule has 0 aromatic carbocycles. The molecule has 1 aromatic rings. The molecule has 0 saturated carbocycles. The summed E-state index contributed by atoms with van der Waals surface area (Å²) in [7, 11) is 1.56. The van der Waals surface area contributed by atoms with E-state index in [0.717, 1.165) is 0 Å². The predicted molar refractivity (Wildman–Crippen MR) is 65.0 cm³/mol. The van der Waals surface area contributed by atoms with Crippen LogP contribution >= 0.6 is 0 Å². The van der Waals surface area contributed by atoms with Crippen molar-refractivity contribution in [1.29, 1.82) is 0 Å². The summed E-state index contributed by atoms with van der Waals surface area (Å²) in [5, 5.41) is 2.53. The fraction of sp³-hybridized carbons (Fsp3) is 0.583. The summed E-state index contributed by atoms with van der Waals surface area (Å²) in [4.78, 5) is 13.1. The highest BCUT2D eigenvalue weighted by atomic mass is 19.4. The number of hydrogen-bond donors (Lipinski definition) is 1. The van der Waals surface area contributed by atoms with Crippen LogP contribution in [0.1, 0.15) is 12.7 Å². The first-order valence-corrected chi connectivity index (χ1v) is 5.96. The van der Waals surface area contributed by atoms with E-state index in [1.165, 1.54) is 11.2 Å². The molecule has 1 unspecified atom stereocenters. The van der Waals surface area contributed by atoms with Crippen LogP contribution in [0.5, 0.6) is 0 Å². The summed E-state index contributed by atoms with van der Waals surface area (Å²) in [6.07, 6.45) is -2.87. The first-order chi connectivity index (χ1) is 9.28. The van der Waals surface area contributed by atoms with Crippen LogP contribution < -0.4 is 5.32 Å². The van der Waals surface area contributed by atoms with Gasteiger partial charge in [0.25, 0.3) is 0 Å². The highest BCUT2D eigenvalue weighted by molar-refractivity contribution is 5.74. The smallest absolute Gasteiger partial charge is 0.411 e. The Morgan fingerprint density at radius 3 is 2.80 bits per heavy atom. The number of hydrogen-bond acceptors (Lipinski definition) is 3. The van der Waals surface area contributed by atoms with Gasteiger partial charge in [-0.15, -0.1) is 0 Å². The number of carbonyl (C=O) groups is 1. The van der Waals surface area contributed by atoms with Crippen molar-refractivity contribution in [2.75, 3.05) is 20.3 Å². The lowest BCUT2D eigenvalue weighted by atomic mass is 10.3. The second-order valence-electron chi connectivity index (χ2n) is 4.42. The Morgan fingerprint density at radius 2 is 2.25 bits per heavy atom. The van der Waals surface area contributed by atoms with Gasteiger partial charge in [0.2, 0.25) is 0 Å². The molecule has 114 valence electrons. The average molecular weight is 294 g/mol. The quantitative estimate of drug-likeness (QED) is 0.876. The zero-order valence-electron chi connectivity index (χ0n) is 11.2. The van der Waals surface area contributed by atoms with E-state index in [0.29, 0.717) is 5.76 Å². The Kier molecular flexibility index (Phi) is 5.87. The SMILES string of the molecule is CC(COCC(F)(F)F)NC(=O)N(C)Cc1ccco1. The third-order valence-corrected chi connectivity index (χ3v) is 2.32. The molecule has 1 aromatic heterocycles. The summed E-state index contributed by atoms with van der Waals surface area (Å²) in [6, 6.07) is 2.49. The molecule has 0 bridgehead atoms. The molecular formula is C12H17F3N2O3. The Balaban J connectivity index is 2.26. The van der Waals surface area contributed by atoms with Gasteiger partial charge in [0.1, 0.15) is 12.4 Å². The molecule has 0 aliphatic rings. The fourth-order valence-electron chi connectivity index (χ4n) is 1.42. The number of ether oxygens (including phenoxy) is 1. The van der Waals surface area contributed by atoms with Gasteiger partial charge in [0, 0.05) is 7.05 Å². The molecule has 0 radical (unpaired) electrons. The topological polar surface area (TPSA) is 54.7 Å². The molecular weight excluding hydrogens is 277 g/mol. The van der Waals surface area contributed by atoms with Gasteiger partial charge in [-0.2, -0.15) is 13.2 Å². The van der Waals surface area contributed by atoms with E-state index < -0.39 is 24.9 Å². The van der Waals surface area contributed by atoms with Gasteiger partial charge in [0.05, 0.1) is 25.5 Å². The molecule has 8 heteroatoms. The number of rotatable bonds is 6. The Labute approximate surface area is 114 Å². The molecule has 0 fully saturated rings. The normalized spacial score (nSPS) is 13.1. The maximum Gasteiger partial charge on any atom is 0.411 e. The molecule has 0 aliphatic heterocycles. The van der Waals surface area contributed by atoms with E-state index in [1.54, 1.807) is 26.1 Å². The summed E-state index contributed by atoms with van der Waals surface area (Å²) >= 11 is 0. The minimum atomic E-state index is -4.36. The molecule has 0 spiro atoms. The van der Waals surface area contributed by atoms with Gasteiger partial charge < -0.3 is 19.4 Å². The average Bonchev–Trinajstić information content (AvgIpc) is 2.79. The van der Waals surface area contributed by atoms with Crippen molar-refractivity contribution in [3.63, 3.8) is 0 Å². The minimum absolute atomic E-state index is 0.208. The summed E-state index contributed by atoms with van der Waals surface area (Å²) < 4.78 is 45.2. The molecule has 1 N–H and O–H groups in total. The molecule has 1 heterocycles. The molecule has 0 aliphatic carbocycles. The Morgan fingerprint density at radius 1 is 1.55 bits per heavy atom. The minimum Gasteiger partial charge on any atom is -0.467 e. The van der Waals surface area contributed by atoms with E-state index in [4.69, 9.17) is 4.42 Å². The lowest BCUT2D eigenvalue weighted by Crippen LogP contribution is -2.43. The van der Waals surface area contributed by atoms with E-state index in [1.807, 2.05) is 0 Å². The van der Waals surface area contributed by atoms with E-state index >= 15 is 0 Å². The van der Waals surface area contributed by atoms with Gasteiger partial charge in [-0.05, 0) is 19.1 Å². The van der Waals surface area contributed by atoms with Crippen LogP contribution in [-0.2, 0) is 11.3 Å². The number of carbonyl (C=O) groups excluding carboxylic acids is 1. The van der Waals surface area contributed by atoms with Crippen molar-refractivity contribution < 1.29 is 27.1 Å². The number of halogens is 3. The maximum absolute atomic E-state index is 11.9. The van der Waals surface area contributed by atoms with Crippen molar-refractivity contribution in [2.45, 2.75) is 25.7 Å². The van der Waals surface area contributed by atoms with Gasteiger partial charge in [0.15, 0.2) is 0 Å². The zero-order valence-corrected chi connectivity index (χ0v) is 11.2. The van der Waals surface area contributed by atoms with Crippen LogP contribution in [-0.4, -0.2) is 43.4 Å². The molecule has 2 amide bonds. The van der Waals surface area contributed by atoms with Crippen LogP contribution in [0.15, 0.2) is 22.8 Å². The zero-order chi connectivity index (χ0) is 15.2. The van der Waals surface area contributed by atoms with Crippen LogP contribution in [0.3, 0.4) is 0 Å². The lowest BCUT2D eigenvalue weighted by molar-refractivity contribution is -0.174. The van der Waals surface area contributed by atoms with Crippen molar-refractivity contribution in [2.24, 2.45) is 0 Å².